The Morgan fingerprint density at radius 3 is 2.42 bits per heavy atom. The molecule has 0 amide bonds. The molecule has 2 atom stereocenters. The molecule has 0 spiro atoms. The van der Waals surface area contributed by atoms with Gasteiger partial charge in [-0.1, -0.05) is 17.7 Å². The van der Waals surface area contributed by atoms with Crippen LogP contribution in [0, 0.1) is 6.92 Å². The second-order valence-electron chi connectivity index (χ2n) is 6.02. The Hall–Kier alpha value is -1.06. The zero-order valence-corrected chi connectivity index (χ0v) is 11.7. The lowest BCUT2D eigenvalue weighted by molar-refractivity contribution is 0.106. The van der Waals surface area contributed by atoms with Gasteiger partial charge in [0.05, 0.1) is 0 Å². The predicted octanol–water partition coefficient (Wildman–Crippen LogP) is 2.33. The predicted molar refractivity (Wildman–Crippen MR) is 77.4 cm³/mol. The second kappa shape index (κ2) is 5.51. The fourth-order valence-electron chi connectivity index (χ4n) is 3.58. The van der Waals surface area contributed by atoms with Gasteiger partial charge < -0.3 is 10.5 Å². The molecule has 3 rings (SSSR count). The summed E-state index contributed by atoms with van der Waals surface area (Å²) in [6.07, 6.45) is 4.98. The summed E-state index contributed by atoms with van der Waals surface area (Å²) in [5.74, 6) is 0.978. The molecule has 0 saturated carbocycles. The van der Waals surface area contributed by atoms with Gasteiger partial charge in [0.15, 0.2) is 0 Å². The first-order valence-corrected chi connectivity index (χ1v) is 7.43. The minimum atomic E-state index is 0.423. The minimum absolute atomic E-state index is 0.423. The second-order valence-corrected chi connectivity index (χ2v) is 6.02. The van der Waals surface area contributed by atoms with Crippen molar-refractivity contribution < 1.29 is 4.74 Å². The topological polar surface area (TPSA) is 38.5 Å². The SMILES string of the molecule is Cc1ccc(OCCN2C3CCC2CC(N)C3)cc1. The van der Waals surface area contributed by atoms with E-state index in [4.69, 9.17) is 10.5 Å². The lowest BCUT2D eigenvalue weighted by Gasteiger charge is -2.37. The zero-order chi connectivity index (χ0) is 13.2. The molecule has 1 aromatic carbocycles. The molecule has 2 fully saturated rings. The van der Waals surface area contributed by atoms with Gasteiger partial charge in [-0.3, -0.25) is 4.90 Å². The summed E-state index contributed by atoms with van der Waals surface area (Å²) in [5.41, 5.74) is 7.37. The first kappa shape index (κ1) is 12.9. The highest BCUT2D eigenvalue weighted by molar-refractivity contribution is 5.26. The molecular weight excluding hydrogens is 236 g/mol. The van der Waals surface area contributed by atoms with Crippen LogP contribution in [0.1, 0.15) is 31.2 Å². The number of ether oxygens (including phenoxy) is 1. The van der Waals surface area contributed by atoms with E-state index in [9.17, 15) is 0 Å². The largest absolute Gasteiger partial charge is 0.492 e. The number of rotatable bonds is 4. The molecule has 2 unspecified atom stereocenters. The van der Waals surface area contributed by atoms with Gasteiger partial charge in [0.2, 0.25) is 0 Å². The lowest BCUT2D eigenvalue weighted by Crippen LogP contribution is -2.48. The molecule has 1 aromatic rings. The maximum Gasteiger partial charge on any atom is 0.119 e. The molecule has 2 saturated heterocycles. The third-order valence-electron chi connectivity index (χ3n) is 4.56. The number of nitrogens with zero attached hydrogens (tertiary/aromatic N) is 1. The normalized spacial score (nSPS) is 30.5. The van der Waals surface area contributed by atoms with Crippen LogP contribution >= 0.6 is 0 Å². The summed E-state index contributed by atoms with van der Waals surface area (Å²) in [6, 6.07) is 10.1. The Morgan fingerprint density at radius 2 is 1.79 bits per heavy atom. The molecule has 0 aromatic heterocycles. The number of piperidine rings is 1. The average molecular weight is 260 g/mol. The van der Waals surface area contributed by atoms with E-state index in [0.717, 1.165) is 18.9 Å². The number of nitrogens with two attached hydrogens (primary N) is 1. The summed E-state index contributed by atoms with van der Waals surface area (Å²) in [4.78, 5) is 2.62. The van der Waals surface area contributed by atoms with Gasteiger partial charge in [0, 0.05) is 24.7 Å². The van der Waals surface area contributed by atoms with Crippen LogP contribution in [0.4, 0.5) is 0 Å². The standard InChI is InChI=1S/C16H24N2O/c1-12-2-6-16(7-3-12)19-9-8-18-14-4-5-15(18)11-13(17)10-14/h2-3,6-7,13-15H,4-5,8-11,17H2,1H3. The van der Waals surface area contributed by atoms with Crippen LogP contribution in [0.2, 0.25) is 0 Å². The van der Waals surface area contributed by atoms with E-state index >= 15 is 0 Å². The molecule has 2 bridgehead atoms. The van der Waals surface area contributed by atoms with Crippen molar-refractivity contribution in [2.45, 2.75) is 50.7 Å². The fraction of sp³-hybridized carbons (Fsp3) is 0.625. The van der Waals surface area contributed by atoms with Crippen molar-refractivity contribution >= 4 is 0 Å². The highest BCUT2D eigenvalue weighted by Gasteiger charge is 2.39. The third-order valence-corrected chi connectivity index (χ3v) is 4.56. The molecule has 2 heterocycles. The molecule has 2 aliphatic heterocycles. The summed E-state index contributed by atoms with van der Waals surface area (Å²) in [7, 11) is 0. The van der Waals surface area contributed by atoms with Gasteiger partial charge in [0.25, 0.3) is 0 Å². The molecule has 0 radical (unpaired) electrons. The smallest absolute Gasteiger partial charge is 0.119 e. The Morgan fingerprint density at radius 1 is 1.16 bits per heavy atom. The highest BCUT2D eigenvalue weighted by Crippen LogP contribution is 2.34. The van der Waals surface area contributed by atoms with Gasteiger partial charge in [-0.2, -0.15) is 0 Å². The molecule has 2 N–H and O–H groups in total. The van der Waals surface area contributed by atoms with Crippen molar-refractivity contribution in [3.05, 3.63) is 29.8 Å². The Labute approximate surface area is 115 Å². The van der Waals surface area contributed by atoms with Crippen LogP contribution < -0.4 is 10.5 Å². The van der Waals surface area contributed by atoms with Crippen molar-refractivity contribution in [3.8, 4) is 5.75 Å². The Kier molecular flexibility index (Phi) is 3.76. The van der Waals surface area contributed by atoms with Crippen molar-refractivity contribution in [1.29, 1.82) is 0 Å². The van der Waals surface area contributed by atoms with Crippen molar-refractivity contribution in [2.75, 3.05) is 13.2 Å². The fourth-order valence-corrected chi connectivity index (χ4v) is 3.58. The van der Waals surface area contributed by atoms with Gasteiger partial charge >= 0.3 is 0 Å². The van der Waals surface area contributed by atoms with Crippen LogP contribution in [-0.2, 0) is 0 Å². The summed E-state index contributed by atoms with van der Waals surface area (Å²) < 4.78 is 5.84. The molecule has 104 valence electrons. The Balaban J connectivity index is 1.49. The van der Waals surface area contributed by atoms with Crippen LogP contribution in [0.25, 0.3) is 0 Å². The number of fused-ring (bicyclic) bond motifs is 2. The van der Waals surface area contributed by atoms with Crippen molar-refractivity contribution in [3.63, 3.8) is 0 Å². The Bertz CT molecular complexity index is 403. The van der Waals surface area contributed by atoms with Gasteiger partial charge in [-0.15, -0.1) is 0 Å². The number of aryl methyl sites for hydroxylation is 1. The maximum absolute atomic E-state index is 6.09. The summed E-state index contributed by atoms with van der Waals surface area (Å²) in [6.45, 7) is 3.92. The maximum atomic E-state index is 6.09. The molecule has 3 heteroatoms. The third kappa shape index (κ3) is 2.93. The van der Waals surface area contributed by atoms with Crippen LogP contribution in [0.3, 0.4) is 0 Å². The van der Waals surface area contributed by atoms with E-state index in [-0.39, 0.29) is 0 Å². The van der Waals surface area contributed by atoms with Crippen molar-refractivity contribution in [1.82, 2.24) is 4.90 Å². The first-order chi connectivity index (χ1) is 9.22. The number of hydrogen-bond donors (Lipinski definition) is 1. The molecule has 19 heavy (non-hydrogen) atoms. The van der Waals surface area contributed by atoms with Crippen molar-refractivity contribution in [2.24, 2.45) is 5.73 Å². The van der Waals surface area contributed by atoms with Crippen LogP contribution in [-0.4, -0.2) is 36.2 Å². The lowest BCUT2D eigenvalue weighted by atomic mass is 9.98. The van der Waals surface area contributed by atoms with E-state index < -0.39 is 0 Å². The van der Waals surface area contributed by atoms with E-state index in [0.29, 0.717) is 18.1 Å². The van der Waals surface area contributed by atoms with E-state index in [1.165, 1.54) is 31.2 Å². The van der Waals surface area contributed by atoms with Crippen LogP contribution in [0.5, 0.6) is 5.75 Å². The monoisotopic (exact) mass is 260 g/mol. The molecule has 3 nitrogen and oxygen atoms in total. The van der Waals surface area contributed by atoms with E-state index in [2.05, 4.69) is 36.1 Å². The van der Waals surface area contributed by atoms with Gasteiger partial charge in [-0.25, -0.2) is 0 Å². The zero-order valence-electron chi connectivity index (χ0n) is 11.7. The summed E-state index contributed by atoms with van der Waals surface area (Å²) >= 11 is 0. The van der Waals surface area contributed by atoms with Gasteiger partial charge in [0.1, 0.15) is 12.4 Å². The number of benzene rings is 1. The first-order valence-electron chi connectivity index (χ1n) is 7.43. The summed E-state index contributed by atoms with van der Waals surface area (Å²) in [5, 5.41) is 0. The highest BCUT2D eigenvalue weighted by atomic mass is 16.5. The van der Waals surface area contributed by atoms with E-state index in [1.807, 2.05) is 0 Å². The number of hydrogen-bond acceptors (Lipinski definition) is 3. The minimum Gasteiger partial charge on any atom is -0.492 e. The average Bonchev–Trinajstić information content (AvgIpc) is 2.64. The molecule has 0 aliphatic carbocycles. The van der Waals surface area contributed by atoms with E-state index in [1.54, 1.807) is 0 Å². The quantitative estimate of drug-likeness (QED) is 0.903. The molecular formula is C16H24N2O. The van der Waals surface area contributed by atoms with Gasteiger partial charge in [-0.05, 0) is 44.7 Å². The molecule has 2 aliphatic rings. The van der Waals surface area contributed by atoms with Crippen LogP contribution in [0.15, 0.2) is 24.3 Å².